The van der Waals surface area contributed by atoms with E-state index in [2.05, 4.69) is 10.6 Å². The van der Waals surface area contributed by atoms with Crippen LogP contribution in [0.4, 0.5) is 0 Å². The Morgan fingerprint density at radius 2 is 2.06 bits per heavy atom. The zero-order valence-corrected chi connectivity index (χ0v) is 10.1. The van der Waals surface area contributed by atoms with Crippen molar-refractivity contribution in [2.75, 3.05) is 26.4 Å². The molecule has 2 rings (SSSR count). The Morgan fingerprint density at radius 1 is 1.33 bits per heavy atom. The smallest absolute Gasteiger partial charge is 0.225 e. The van der Waals surface area contributed by atoms with Crippen molar-refractivity contribution >= 4 is 5.91 Å². The third-order valence-corrected chi connectivity index (χ3v) is 3.60. The minimum absolute atomic E-state index is 0.0940. The number of ether oxygens (including phenoxy) is 1. The van der Waals surface area contributed by atoms with Gasteiger partial charge in [0.2, 0.25) is 5.91 Å². The first-order valence-corrected chi connectivity index (χ1v) is 6.22. The fraction of sp³-hybridized carbons (Fsp3) is 0.909. The van der Waals surface area contributed by atoms with Crippen molar-refractivity contribution in [1.82, 2.24) is 10.6 Å². The second kappa shape index (κ2) is 5.94. The van der Waals surface area contributed by atoms with Gasteiger partial charge < -0.3 is 30.7 Å². The van der Waals surface area contributed by atoms with Crippen LogP contribution in [0.15, 0.2) is 0 Å². The predicted molar refractivity (Wildman–Crippen MR) is 61.7 cm³/mol. The highest BCUT2D eigenvalue weighted by molar-refractivity contribution is 5.79. The molecule has 0 aromatic rings. The molecular formula is C11H20N2O5. The number of aliphatic hydroxyl groups excluding tert-OH is 3. The molecule has 2 saturated heterocycles. The Hall–Kier alpha value is -0.730. The molecule has 0 saturated carbocycles. The first-order chi connectivity index (χ1) is 8.63. The summed E-state index contributed by atoms with van der Waals surface area (Å²) in [6.45, 7) is 1.02. The number of carbonyl (C=O) groups excluding carboxylic acids is 1. The minimum atomic E-state index is -1.01. The molecule has 1 unspecified atom stereocenters. The summed E-state index contributed by atoms with van der Waals surface area (Å²) in [4.78, 5) is 11.7. The molecule has 7 heteroatoms. The summed E-state index contributed by atoms with van der Waals surface area (Å²) in [5.41, 5.74) is 0. The number of hydrogen-bond acceptors (Lipinski definition) is 6. The van der Waals surface area contributed by atoms with E-state index in [0.29, 0.717) is 19.6 Å². The van der Waals surface area contributed by atoms with Crippen LogP contribution in [-0.2, 0) is 9.53 Å². The van der Waals surface area contributed by atoms with E-state index in [1.54, 1.807) is 0 Å². The second-order valence-electron chi connectivity index (χ2n) is 4.85. The predicted octanol–water partition coefficient (Wildman–Crippen LogP) is -2.81. The van der Waals surface area contributed by atoms with E-state index in [1.165, 1.54) is 0 Å². The van der Waals surface area contributed by atoms with Gasteiger partial charge in [-0.3, -0.25) is 4.79 Å². The minimum Gasteiger partial charge on any atom is -0.395 e. The summed E-state index contributed by atoms with van der Waals surface area (Å²) in [6, 6.07) is -0.986. The number of nitrogens with one attached hydrogen (secondary N) is 2. The normalized spacial score (nSPS) is 40.1. The van der Waals surface area contributed by atoms with E-state index < -0.39 is 24.3 Å². The molecular weight excluding hydrogens is 240 g/mol. The molecule has 18 heavy (non-hydrogen) atoms. The van der Waals surface area contributed by atoms with Gasteiger partial charge >= 0.3 is 0 Å². The topological polar surface area (TPSA) is 111 Å². The molecule has 2 heterocycles. The molecule has 5 N–H and O–H groups in total. The zero-order chi connectivity index (χ0) is 13.1. The number of rotatable bonds is 4. The lowest BCUT2D eigenvalue weighted by molar-refractivity contribution is -0.125. The Morgan fingerprint density at radius 3 is 2.61 bits per heavy atom. The molecule has 7 nitrogen and oxygen atoms in total. The molecule has 2 aliphatic rings. The van der Waals surface area contributed by atoms with Gasteiger partial charge in [-0.1, -0.05) is 0 Å². The molecule has 0 radical (unpaired) electrons. The molecule has 0 spiro atoms. The first-order valence-electron chi connectivity index (χ1n) is 6.22. The Balaban J connectivity index is 1.78. The summed E-state index contributed by atoms with van der Waals surface area (Å²) in [5.74, 6) is -0.217. The summed E-state index contributed by atoms with van der Waals surface area (Å²) >= 11 is 0. The largest absolute Gasteiger partial charge is 0.395 e. The van der Waals surface area contributed by atoms with E-state index in [4.69, 9.17) is 9.84 Å². The van der Waals surface area contributed by atoms with Crippen LogP contribution < -0.4 is 10.6 Å². The maximum atomic E-state index is 11.7. The maximum Gasteiger partial charge on any atom is 0.225 e. The first kappa shape index (κ1) is 13.7. The van der Waals surface area contributed by atoms with Crippen LogP contribution in [0, 0.1) is 5.92 Å². The fourth-order valence-corrected chi connectivity index (χ4v) is 2.38. The lowest BCUT2D eigenvalue weighted by Crippen LogP contribution is -2.45. The van der Waals surface area contributed by atoms with Crippen LogP contribution >= 0.6 is 0 Å². The number of amides is 1. The molecule has 2 fully saturated rings. The van der Waals surface area contributed by atoms with Gasteiger partial charge in [-0.05, 0) is 6.42 Å². The Labute approximate surface area is 105 Å². The lowest BCUT2D eigenvalue weighted by Gasteiger charge is -2.17. The van der Waals surface area contributed by atoms with Crippen LogP contribution in [0.2, 0.25) is 0 Å². The van der Waals surface area contributed by atoms with Gasteiger partial charge in [-0.15, -0.1) is 0 Å². The summed E-state index contributed by atoms with van der Waals surface area (Å²) in [5, 5.41) is 33.9. The van der Waals surface area contributed by atoms with Gasteiger partial charge in [0.25, 0.3) is 0 Å². The number of aliphatic hydroxyl groups is 3. The van der Waals surface area contributed by atoms with E-state index in [-0.39, 0.29) is 25.0 Å². The molecule has 0 aromatic heterocycles. The highest BCUT2D eigenvalue weighted by atomic mass is 16.5. The van der Waals surface area contributed by atoms with Crippen LogP contribution in [0.5, 0.6) is 0 Å². The lowest BCUT2D eigenvalue weighted by atomic mass is 10.1. The third-order valence-electron chi connectivity index (χ3n) is 3.60. The van der Waals surface area contributed by atoms with Crippen LogP contribution in [0.1, 0.15) is 6.42 Å². The highest BCUT2D eigenvalue weighted by Crippen LogP contribution is 2.15. The summed E-state index contributed by atoms with van der Waals surface area (Å²) < 4.78 is 5.12. The van der Waals surface area contributed by atoms with Gasteiger partial charge in [0.1, 0.15) is 0 Å². The average Bonchev–Trinajstić information content (AvgIpc) is 2.98. The molecule has 5 atom stereocenters. The van der Waals surface area contributed by atoms with Crippen molar-refractivity contribution in [3.05, 3.63) is 0 Å². The van der Waals surface area contributed by atoms with Crippen molar-refractivity contribution < 1.29 is 24.9 Å². The van der Waals surface area contributed by atoms with Gasteiger partial charge in [0.05, 0.1) is 43.4 Å². The monoisotopic (exact) mass is 260 g/mol. The quantitative estimate of drug-likeness (QED) is 0.373. The maximum absolute atomic E-state index is 11.7. The highest BCUT2D eigenvalue weighted by Gasteiger charge is 2.40. The molecule has 0 aliphatic carbocycles. The van der Waals surface area contributed by atoms with Crippen molar-refractivity contribution in [3.63, 3.8) is 0 Å². The Kier molecular flexibility index (Phi) is 4.52. The molecule has 1 amide bonds. The summed E-state index contributed by atoms with van der Waals surface area (Å²) in [6.07, 6.45) is -1.28. The van der Waals surface area contributed by atoms with Gasteiger partial charge in [-0.25, -0.2) is 0 Å². The number of hydrogen-bond donors (Lipinski definition) is 5. The molecule has 2 aliphatic heterocycles. The molecule has 0 aromatic carbocycles. The van der Waals surface area contributed by atoms with Gasteiger partial charge in [0.15, 0.2) is 0 Å². The average molecular weight is 260 g/mol. The number of carbonyl (C=O) groups is 1. The summed E-state index contributed by atoms with van der Waals surface area (Å²) in [7, 11) is 0. The zero-order valence-electron chi connectivity index (χ0n) is 10.1. The van der Waals surface area contributed by atoms with Gasteiger partial charge in [-0.2, -0.15) is 0 Å². The van der Waals surface area contributed by atoms with Gasteiger partial charge in [0, 0.05) is 13.2 Å². The van der Waals surface area contributed by atoms with Crippen LogP contribution in [0.25, 0.3) is 0 Å². The van der Waals surface area contributed by atoms with Crippen molar-refractivity contribution in [3.8, 4) is 0 Å². The van der Waals surface area contributed by atoms with Crippen molar-refractivity contribution in [1.29, 1.82) is 0 Å². The second-order valence-corrected chi connectivity index (χ2v) is 4.85. The van der Waals surface area contributed by atoms with Crippen molar-refractivity contribution in [2.45, 2.75) is 30.7 Å². The Bertz CT molecular complexity index is 295. The van der Waals surface area contributed by atoms with Crippen LogP contribution in [-0.4, -0.2) is 71.9 Å². The molecule has 104 valence electrons. The van der Waals surface area contributed by atoms with Crippen LogP contribution in [0.3, 0.4) is 0 Å². The molecule has 0 bridgehead atoms. The van der Waals surface area contributed by atoms with E-state index in [0.717, 1.165) is 0 Å². The van der Waals surface area contributed by atoms with E-state index in [9.17, 15) is 15.0 Å². The fourth-order valence-electron chi connectivity index (χ4n) is 2.38. The third kappa shape index (κ3) is 2.81. The standard InChI is InChI=1S/C11H20N2O5/c14-4-8-10(16)9(15)7(13-8)3-12-11(17)6-1-2-18-5-6/h6-10,13-16H,1-5H2,(H,12,17)/t6?,7-,8-,9-,10+/m1/s1. The van der Waals surface area contributed by atoms with E-state index in [1.807, 2.05) is 0 Å². The van der Waals surface area contributed by atoms with E-state index >= 15 is 0 Å². The SMILES string of the molecule is O=C(NC[C@H]1N[C@H](CO)[C@H](O)[C@@H]1O)C1CCOC1. The van der Waals surface area contributed by atoms with Crippen molar-refractivity contribution in [2.24, 2.45) is 5.92 Å².